The van der Waals surface area contributed by atoms with Gasteiger partial charge in [-0.3, -0.25) is 14.4 Å². The number of hydrogen-bond donors (Lipinski definition) is 1. The highest BCUT2D eigenvalue weighted by Gasteiger charge is 2.76. The topological polar surface area (TPSA) is 90.4 Å². The summed E-state index contributed by atoms with van der Waals surface area (Å²) in [6.07, 6.45) is 10.7. The monoisotopic (exact) mass is 549 g/mol. The zero-order valence-corrected chi connectivity index (χ0v) is 24.2. The molecule has 1 unspecified atom stereocenters. The number of ether oxygens (including phenoxy) is 1. The van der Waals surface area contributed by atoms with E-state index in [-0.39, 0.29) is 30.2 Å². The number of fused-ring (bicyclic) bond motifs is 2. The summed E-state index contributed by atoms with van der Waals surface area (Å²) in [5, 5.41) is 10.6. The molecule has 5 rings (SSSR count). The Morgan fingerprint density at radius 3 is 2.35 bits per heavy atom. The first-order valence-corrected chi connectivity index (χ1v) is 14.9. The zero-order chi connectivity index (χ0) is 28.7. The van der Waals surface area contributed by atoms with Crippen LogP contribution in [0.5, 0.6) is 0 Å². The molecule has 4 heterocycles. The lowest BCUT2D eigenvalue weighted by Crippen LogP contribution is -2.60. The second-order valence-corrected chi connectivity index (χ2v) is 11.7. The number of rotatable bonds is 9. The van der Waals surface area contributed by atoms with Gasteiger partial charge in [0, 0.05) is 25.3 Å². The summed E-state index contributed by atoms with van der Waals surface area (Å²) < 4.78 is 7.05. The largest absolute Gasteiger partial charge is 0.394 e. The van der Waals surface area contributed by atoms with Gasteiger partial charge in [0.2, 0.25) is 17.7 Å². The Morgan fingerprint density at radius 2 is 1.70 bits per heavy atom. The maximum atomic E-state index is 14.7. The molecule has 1 N–H and O–H groups in total. The van der Waals surface area contributed by atoms with Crippen LogP contribution in [0.1, 0.15) is 53.4 Å². The van der Waals surface area contributed by atoms with Gasteiger partial charge in [-0.1, -0.05) is 83.0 Å². The lowest BCUT2D eigenvalue weighted by molar-refractivity contribution is -0.156. The fourth-order valence-corrected chi connectivity index (χ4v) is 7.31. The second kappa shape index (κ2) is 11.1. The average Bonchev–Trinajstić information content (AvgIpc) is 3.26. The number of carbonyl (C=O) groups is 3. The quantitative estimate of drug-likeness (QED) is 0.476. The Labute approximate surface area is 237 Å². The Balaban J connectivity index is 1.68. The Bertz CT molecular complexity index is 1180. The molecule has 1 spiro atoms. The molecule has 8 nitrogen and oxygen atoms in total. The van der Waals surface area contributed by atoms with Gasteiger partial charge in [0.05, 0.1) is 30.1 Å². The number of carbonyl (C=O) groups excluding carboxylic acids is 3. The van der Waals surface area contributed by atoms with Crippen molar-refractivity contribution in [2.45, 2.75) is 76.7 Å². The van der Waals surface area contributed by atoms with Gasteiger partial charge < -0.3 is 24.5 Å². The van der Waals surface area contributed by atoms with Crippen molar-refractivity contribution in [3.63, 3.8) is 0 Å². The van der Waals surface area contributed by atoms with E-state index < -0.39 is 35.1 Å². The minimum Gasteiger partial charge on any atom is -0.394 e. The minimum absolute atomic E-state index is 0.0459. The van der Waals surface area contributed by atoms with E-state index in [9.17, 15) is 19.5 Å². The van der Waals surface area contributed by atoms with Gasteiger partial charge in [-0.15, -0.1) is 0 Å². The first kappa shape index (κ1) is 28.6. The maximum absolute atomic E-state index is 14.7. The summed E-state index contributed by atoms with van der Waals surface area (Å²) in [5.41, 5.74) is -1.58. The third-order valence-electron chi connectivity index (χ3n) is 9.66. The first-order chi connectivity index (χ1) is 19.3. The summed E-state index contributed by atoms with van der Waals surface area (Å²) in [6, 6.07) is 7.98. The fraction of sp³-hybridized carbons (Fsp3) is 0.594. The summed E-state index contributed by atoms with van der Waals surface area (Å²) >= 11 is 0. The van der Waals surface area contributed by atoms with Crippen molar-refractivity contribution in [3.8, 4) is 0 Å². The van der Waals surface area contributed by atoms with Gasteiger partial charge in [-0.05, 0) is 30.9 Å². The summed E-state index contributed by atoms with van der Waals surface area (Å²) in [5.74, 6) is -2.37. The van der Waals surface area contributed by atoms with E-state index >= 15 is 0 Å². The number of benzene rings is 1. The van der Waals surface area contributed by atoms with Crippen LogP contribution in [0.15, 0.2) is 54.6 Å². The highest BCUT2D eigenvalue weighted by Crippen LogP contribution is 2.59. The number of aliphatic hydroxyl groups excluding tert-OH is 1. The molecule has 1 aromatic carbocycles. The predicted octanol–water partition coefficient (Wildman–Crippen LogP) is 3.56. The molecular formula is C32H43N3O5. The Hall–Kier alpha value is -2.97. The van der Waals surface area contributed by atoms with Crippen LogP contribution >= 0.6 is 0 Å². The number of unbranched alkanes of at least 4 members (excludes halogenated alkanes) is 1. The molecule has 0 saturated carbocycles. The van der Waals surface area contributed by atoms with Crippen LogP contribution in [-0.4, -0.2) is 82.2 Å². The van der Waals surface area contributed by atoms with Crippen molar-refractivity contribution in [1.29, 1.82) is 0 Å². The lowest BCUT2D eigenvalue weighted by atomic mass is 9.73. The number of aliphatic hydroxyl groups is 1. The Kier molecular flexibility index (Phi) is 7.94. The van der Waals surface area contributed by atoms with E-state index in [2.05, 4.69) is 6.92 Å². The third kappa shape index (κ3) is 4.22. The van der Waals surface area contributed by atoms with Gasteiger partial charge in [0.1, 0.15) is 11.6 Å². The molecule has 4 aliphatic rings. The van der Waals surface area contributed by atoms with Crippen molar-refractivity contribution in [3.05, 3.63) is 54.6 Å². The summed E-state index contributed by atoms with van der Waals surface area (Å²) in [6.45, 7) is 9.18. The molecule has 0 aliphatic carbocycles. The number of amides is 3. The van der Waals surface area contributed by atoms with Crippen LogP contribution in [0.3, 0.4) is 0 Å². The molecule has 8 heteroatoms. The molecule has 0 aromatic heterocycles. The number of hydrogen-bond acceptors (Lipinski definition) is 5. The summed E-state index contributed by atoms with van der Waals surface area (Å²) in [7, 11) is 0. The van der Waals surface area contributed by atoms with Gasteiger partial charge in [-0.25, -0.2) is 0 Å². The molecule has 1 aromatic rings. The van der Waals surface area contributed by atoms with E-state index in [4.69, 9.17) is 4.74 Å². The molecule has 2 saturated heterocycles. The van der Waals surface area contributed by atoms with Crippen LogP contribution in [0.25, 0.3) is 0 Å². The van der Waals surface area contributed by atoms with E-state index in [1.54, 1.807) is 14.7 Å². The molecular weight excluding hydrogens is 506 g/mol. The predicted molar refractivity (Wildman–Crippen MR) is 153 cm³/mol. The number of para-hydroxylation sites is 1. The third-order valence-corrected chi connectivity index (χ3v) is 9.66. The van der Waals surface area contributed by atoms with Crippen molar-refractivity contribution in [1.82, 2.24) is 9.80 Å². The highest BCUT2D eigenvalue weighted by molar-refractivity contribution is 6.04. The Morgan fingerprint density at radius 1 is 0.975 bits per heavy atom. The van der Waals surface area contributed by atoms with Gasteiger partial charge in [-0.2, -0.15) is 0 Å². The van der Waals surface area contributed by atoms with Crippen LogP contribution in [-0.2, 0) is 19.1 Å². The molecule has 216 valence electrons. The smallest absolute Gasteiger partial charge is 0.249 e. The summed E-state index contributed by atoms with van der Waals surface area (Å²) in [4.78, 5) is 48.8. The number of anilines is 1. The molecule has 40 heavy (non-hydrogen) atoms. The normalized spacial score (nSPS) is 33.0. The second-order valence-electron chi connectivity index (χ2n) is 11.7. The van der Waals surface area contributed by atoms with Gasteiger partial charge in [0.15, 0.2) is 0 Å². The zero-order valence-electron chi connectivity index (χ0n) is 24.2. The molecule has 0 radical (unpaired) electrons. The van der Waals surface area contributed by atoms with Crippen molar-refractivity contribution in [2.24, 2.45) is 17.8 Å². The molecule has 4 aliphatic heterocycles. The van der Waals surface area contributed by atoms with Crippen LogP contribution in [0, 0.1) is 17.8 Å². The van der Waals surface area contributed by atoms with E-state index in [1.807, 2.05) is 75.4 Å². The lowest BCUT2D eigenvalue weighted by Gasteiger charge is -2.42. The van der Waals surface area contributed by atoms with E-state index in [1.165, 1.54) is 0 Å². The SMILES string of the molecule is CCCCN1CC=C[C@]23O[C@@]4(CC)C=CCN(c5ccccc5)C(=O)[C@H]4[C@H]2C(=O)N([C@@H](CO)[C@@H](C)CC)C3C1=O. The van der Waals surface area contributed by atoms with Crippen LogP contribution in [0.2, 0.25) is 0 Å². The minimum atomic E-state index is -1.31. The van der Waals surface area contributed by atoms with E-state index in [0.29, 0.717) is 26.1 Å². The van der Waals surface area contributed by atoms with Crippen LogP contribution < -0.4 is 4.90 Å². The molecule has 2 fully saturated rings. The van der Waals surface area contributed by atoms with Gasteiger partial charge >= 0.3 is 0 Å². The van der Waals surface area contributed by atoms with Crippen molar-refractivity contribution < 1.29 is 24.2 Å². The first-order valence-electron chi connectivity index (χ1n) is 14.9. The molecule has 3 amide bonds. The fourth-order valence-electron chi connectivity index (χ4n) is 7.31. The highest BCUT2D eigenvalue weighted by atomic mass is 16.5. The van der Waals surface area contributed by atoms with E-state index in [0.717, 1.165) is 24.9 Å². The number of likely N-dealkylation sites (tertiary alicyclic amines) is 1. The standard InChI is InChI=1S/C32H43N3O5/c1-5-8-18-33-19-13-17-32-26(29(38)35(27(32)30(33)39)24(21-36)22(4)6-2)25-28(37)34(23-14-10-9-11-15-23)20-12-16-31(25,7-3)40-32/h9-17,22,24-27,36H,5-8,18-21H2,1-4H3/t22-,24-,25+,26-,27?,31-,32-/m0/s1. The molecule has 7 atom stereocenters. The van der Waals surface area contributed by atoms with Gasteiger partial charge in [0.25, 0.3) is 0 Å². The average molecular weight is 550 g/mol. The number of nitrogens with zero attached hydrogens (tertiary/aromatic N) is 3. The maximum Gasteiger partial charge on any atom is 0.249 e. The van der Waals surface area contributed by atoms with Crippen molar-refractivity contribution >= 4 is 23.4 Å². The van der Waals surface area contributed by atoms with Crippen molar-refractivity contribution in [2.75, 3.05) is 31.1 Å². The van der Waals surface area contributed by atoms with Crippen LogP contribution in [0.4, 0.5) is 5.69 Å². The molecule has 0 bridgehead atoms.